The normalized spacial score (nSPS) is 13.9. The summed E-state index contributed by atoms with van der Waals surface area (Å²) < 4.78 is 24.5. The van der Waals surface area contributed by atoms with Crippen molar-refractivity contribution in [3.8, 4) is 0 Å². The molecule has 0 heterocycles. The van der Waals surface area contributed by atoms with E-state index in [-0.39, 0.29) is 0 Å². The molecule has 0 unspecified atom stereocenters. The summed E-state index contributed by atoms with van der Waals surface area (Å²) in [5.41, 5.74) is 1.71. The van der Waals surface area contributed by atoms with Gasteiger partial charge in [0.05, 0.1) is 0 Å². The van der Waals surface area contributed by atoms with Gasteiger partial charge in [-0.3, -0.25) is 0 Å². The van der Waals surface area contributed by atoms with E-state index in [1.54, 1.807) is 0 Å². The van der Waals surface area contributed by atoms with Crippen molar-refractivity contribution in [1.29, 1.82) is 0 Å². The molecule has 0 radical (unpaired) electrons. The van der Waals surface area contributed by atoms with Crippen molar-refractivity contribution in [3.05, 3.63) is 0 Å². The van der Waals surface area contributed by atoms with Crippen molar-refractivity contribution in [2.24, 2.45) is 0 Å². The zero-order valence-corrected chi connectivity index (χ0v) is 17.9. The van der Waals surface area contributed by atoms with Crippen LogP contribution in [0.2, 0.25) is 35.3 Å². The van der Waals surface area contributed by atoms with Crippen LogP contribution in [0.5, 0.6) is 0 Å². The summed E-state index contributed by atoms with van der Waals surface area (Å²) in [4.78, 5) is 0. The quantitative estimate of drug-likeness (QED) is 0.376. The predicted octanol–water partition coefficient (Wildman–Crippen LogP) is 6.47. The van der Waals surface area contributed by atoms with E-state index in [4.69, 9.17) is 8.43 Å². The Bertz CT molecular complexity index is 284. The maximum atomic E-state index is 12.5. The van der Waals surface area contributed by atoms with Crippen molar-refractivity contribution in [2.45, 2.75) is 90.6 Å². The van der Waals surface area contributed by atoms with Gasteiger partial charge in [-0.2, -0.15) is 8.43 Å². The molecule has 0 aliphatic heterocycles. The lowest BCUT2D eigenvalue weighted by Gasteiger charge is -2.31. The molecule has 0 N–H and O–H groups in total. The van der Waals surface area contributed by atoms with Crippen LogP contribution >= 0.6 is 8.25 Å². The molecular formula is C14H34O3PSi2+. The van der Waals surface area contributed by atoms with Crippen LogP contribution in [0, 0.1) is 0 Å². The van der Waals surface area contributed by atoms with E-state index < -0.39 is 24.9 Å². The first-order valence-electron chi connectivity index (χ1n) is 7.73. The lowest BCUT2D eigenvalue weighted by atomic mass is 10.5. The molecule has 120 valence electrons. The van der Waals surface area contributed by atoms with Gasteiger partial charge in [0.25, 0.3) is 16.6 Å². The molecule has 0 bridgehead atoms. The molecule has 20 heavy (non-hydrogen) atoms. The second kappa shape index (κ2) is 7.64. The molecule has 0 atom stereocenters. The monoisotopic (exact) mass is 337 g/mol. The summed E-state index contributed by atoms with van der Waals surface area (Å²) in [7, 11) is -6.06. The van der Waals surface area contributed by atoms with Gasteiger partial charge in [-0.25, -0.2) is 0 Å². The third-order valence-electron chi connectivity index (χ3n) is 5.13. The Labute approximate surface area is 129 Å². The van der Waals surface area contributed by atoms with Crippen LogP contribution in [-0.2, 0) is 13.0 Å². The van der Waals surface area contributed by atoms with Crippen LogP contribution in [0.15, 0.2) is 0 Å². The highest BCUT2D eigenvalue weighted by atomic mass is 31.1. The minimum atomic E-state index is -2.02. The summed E-state index contributed by atoms with van der Waals surface area (Å²) in [6, 6.07) is 0. The van der Waals surface area contributed by atoms with E-state index in [1.165, 1.54) is 0 Å². The lowest BCUT2D eigenvalue weighted by molar-refractivity contribution is 0.388. The molecule has 0 aromatic heterocycles. The van der Waals surface area contributed by atoms with Crippen LogP contribution in [0.4, 0.5) is 0 Å². The first-order valence-corrected chi connectivity index (χ1v) is 14.0. The molecular weight excluding hydrogens is 303 g/mol. The Morgan fingerprint density at radius 3 is 1.00 bits per heavy atom. The van der Waals surface area contributed by atoms with E-state index >= 15 is 0 Å². The average Bonchev–Trinajstić information content (AvgIpc) is 2.27. The van der Waals surface area contributed by atoms with Crippen molar-refractivity contribution < 1.29 is 13.0 Å². The first-order chi connectivity index (χ1) is 8.87. The van der Waals surface area contributed by atoms with E-state index in [9.17, 15) is 4.57 Å². The summed E-state index contributed by atoms with van der Waals surface area (Å²) in [5.74, 6) is 0. The molecule has 0 saturated carbocycles. The SMILES string of the molecule is CC(C)[Si](C)(O[P+](=O)O[Si](C)(C(C)C)C(C)C)C(C)C. The van der Waals surface area contributed by atoms with Crippen LogP contribution in [0.25, 0.3) is 0 Å². The number of hydrogen-bond acceptors (Lipinski definition) is 3. The maximum Gasteiger partial charge on any atom is 0.673 e. The number of rotatable bonds is 8. The highest BCUT2D eigenvalue weighted by Crippen LogP contribution is 2.46. The molecule has 0 amide bonds. The minimum Gasteiger partial charge on any atom is -0.176 e. The molecule has 0 aromatic rings. The van der Waals surface area contributed by atoms with Crippen LogP contribution in [0.3, 0.4) is 0 Å². The molecule has 0 fully saturated rings. The molecule has 6 heteroatoms. The van der Waals surface area contributed by atoms with Crippen molar-refractivity contribution in [3.63, 3.8) is 0 Å². The summed E-state index contributed by atoms with van der Waals surface area (Å²) in [5, 5.41) is 0. The van der Waals surface area contributed by atoms with E-state index in [0.29, 0.717) is 22.2 Å². The average molecular weight is 338 g/mol. The summed E-state index contributed by atoms with van der Waals surface area (Å²) >= 11 is 0. The fraction of sp³-hybridized carbons (Fsp3) is 1.00. The predicted molar refractivity (Wildman–Crippen MR) is 93.4 cm³/mol. The van der Waals surface area contributed by atoms with Gasteiger partial charge in [0.1, 0.15) is 0 Å². The van der Waals surface area contributed by atoms with Gasteiger partial charge in [0.15, 0.2) is 0 Å². The summed E-state index contributed by atoms with van der Waals surface area (Å²) in [6.07, 6.45) is 0. The Kier molecular flexibility index (Phi) is 7.81. The smallest absolute Gasteiger partial charge is 0.176 e. The van der Waals surface area contributed by atoms with E-state index in [2.05, 4.69) is 68.5 Å². The molecule has 0 aromatic carbocycles. The Morgan fingerprint density at radius 1 is 0.650 bits per heavy atom. The maximum absolute atomic E-state index is 12.5. The van der Waals surface area contributed by atoms with Crippen molar-refractivity contribution in [2.75, 3.05) is 0 Å². The van der Waals surface area contributed by atoms with Gasteiger partial charge in [-0.1, -0.05) is 55.4 Å². The Hall–Kier alpha value is 0.454. The molecule has 0 aliphatic carbocycles. The van der Waals surface area contributed by atoms with Gasteiger partial charge in [0.2, 0.25) is 0 Å². The van der Waals surface area contributed by atoms with Crippen molar-refractivity contribution in [1.82, 2.24) is 0 Å². The van der Waals surface area contributed by atoms with Gasteiger partial charge in [0, 0.05) is 4.57 Å². The second-order valence-corrected chi connectivity index (χ2v) is 18.7. The fourth-order valence-corrected chi connectivity index (χ4v) is 11.2. The van der Waals surface area contributed by atoms with E-state index in [0.717, 1.165) is 0 Å². The van der Waals surface area contributed by atoms with Gasteiger partial charge in [-0.05, 0) is 35.3 Å². The standard InChI is InChI=1S/C14H34O3PSi2/c1-11(2)19(9,12(3)4)16-18(15)17-20(10,13(5)6)14(7)8/h11-14H,1-10H3/q+1. The van der Waals surface area contributed by atoms with Crippen LogP contribution in [0.1, 0.15) is 55.4 Å². The topological polar surface area (TPSA) is 35.5 Å². The molecule has 0 spiro atoms. The van der Waals surface area contributed by atoms with E-state index in [1.807, 2.05) is 0 Å². The minimum absolute atomic E-state index is 0.427. The third-order valence-corrected chi connectivity index (χ3v) is 18.6. The zero-order valence-electron chi connectivity index (χ0n) is 15.0. The van der Waals surface area contributed by atoms with Crippen LogP contribution in [-0.4, -0.2) is 16.6 Å². The first kappa shape index (κ1) is 20.5. The van der Waals surface area contributed by atoms with Gasteiger partial charge in [-0.15, -0.1) is 0 Å². The van der Waals surface area contributed by atoms with Gasteiger partial charge >= 0.3 is 8.25 Å². The molecule has 0 saturated heterocycles. The molecule has 0 rings (SSSR count). The summed E-state index contributed by atoms with van der Waals surface area (Å²) in [6.45, 7) is 21.6. The van der Waals surface area contributed by atoms with Gasteiger partial charge < -0.3 is 0 Å². The molecule has 0 aliphatic rings. The second-order valence-electron chi connectivity index (χ2n) is 7.39. The Balaban J connectivity index is 5.02. The molecule has 3 nitrogen and oxygen atoms in total. The highest BCUT2D eigenvalue weighted by molar-refractivity contribution is 7.38. The number of hydrogen-bond donors (Lipinski definition) is 0. The largest absolute Gasteiger partial charge is 0.673 e. The highest BCUT2D eigenvalue weighted by Gasteiger charge is 2.51. The fourth-order valence-electron chi connectivity index (χ4n) is 2.09. The Morgan fingerprint density at radius 2 is 0.850 bits per heavy atom. The third kappa shape index (κ3) is 4.74. The van der Waals surface area contributed by atoms with Crippen molar-refractivity contribution >= 4 is 24.9 Å². The van der Waals surface area contributed by atoms with Crippen LogP contribution < -0.4 is 0 Å². The lowest BCUT2D eigenvalue weighted by Crippen LogP contribution is -2.42. The zero-order chi connectivity index (χ0) is 16.3.